The summed E-state index contributed by atoms with van der Waals surface area (Å²) in [5.74, 6) is 0.839. The normalized spacial score (nSPS) is 27.2. The quantitative estimate of drug-likeness (QED) is 0.386. The number of nitrogens with two attached hydrogens (primary N) is 2. The van der Waals surface area contributed by atoms with Crippen molar-refractivity contribution in [2.45, 2.75) is 43.8 Å². The molecule has 7 N–H and O–H groups in total. The SMILES string of the molecule is NCCCCc1nc2c(N)ncnc2n1[C@@H]1O[C@H](CO)[C@@H](O)[C@H]1O. The van der Waals surface area contributed by atoms with Crippen LogP contribution in [0.5, 0.6) is 0 Å². The van der Waals surface area contributed by atoms with Crippen molar-refractivity contribution >= 4 is 17.0 Å². The number of aromatic nitrogens is 4. The van der Waals surface area contributed by atoms with Crippen LogP contribution in [0.15, 0.2) is 6.33 Å². The molecule has 3 rings (SSSR count). The minimum absolute atomic E-state index is 0.227. The van der Waals surface area contributed by atoms with E-state index in [1.165, 1.54) is 6.33 Å². The maximum atomic E-state index is 10.3. The van der Waals surface area contributed by atoms with E-state index in [0.717, 1.165) is 12.8 Å². The van der Waals surface area contributed by atoms with Crippen molar-refractivity contribution in [2.75, 3.05) is 18.9 Å². The predicted molar refractivity (Wildman–Crippen MR) is 84.7 cm³/mol. The Morgan fingerprint density at radius 2 is 2.00 bits per heavy atom. The van der Waals surface area contributed by atoms with E-state index in [1.54, 1.807) is 4.57 Å². The van der Waals surface area contributed by atoms with Gasteiger partial charge in [-0.2, -0.15) is 0 Å². The molecule has 1 saturated heterocycles. The molecule has 3 heterocycles. The Hall–Kier alpha value is -1.85. The average Bonchev–Trinajstić information content (AvgIpc) is 3.07. The first-order valence-electron chi connectivity index (χ1n) is 7.88. The monoisotopic (exact) mass is 338 g/mol. The Morgan fingerprint density at radius 3 is 2.67 bits per heavy atom. The standard InChI is InChI=1S/C14H22N6O4/c15-4-2-1-3-8-19-9-12(16)17-6-18-13(9)20(8)14-11(23)10(22)7(5-21)24-14/h6-7,10-11,14,21-23H,1-5,15H2,(H2,16,17,18)/t7-,10-,11-,14-/m1/s1. The van der Waals surface area contributed by atoms with E-state index in [0.29, 0.717) is 30.0 Å². The van der Waals surface area contributed by atoms with Gasteiger partial charge in [0.1, 0.15) is 30.5 Å². The second-order valence-electron chi connectivity index (χ2n) is 5.80. The average molecular weight is 338 g/mol. The largest absolute Gasteiger partial charge is 0.394 e. The maximum Gasteiger partial charge on any atom is 0.167 e. The number of rotatable bonds is 6. The van der Waals surface area contributed by atoms with Gasteiger partial charge < -0.3 is 31.5 Å². The number of hydrogen-bond donors (Lipinski definition) is 5. The Labute approximate surface area is 138 Å². The molecule has 0 aromatic carbocycles. The molecule has 0 spiro atoms. The molecule has 24 heavy (non-hydrogen) atoms. The van der Waals surface area contributed by atoms with Gasteiger partial charge in [0.15, 0.2) is 23.2 Å². The van der Waals surface area contributed by atoms with Crippen molar-refractivity contribution in [3.05, 3.63) is 12.2 Å². The van der Waals surface area contributed by atoms with E-state index in [4.69, 9.17) is 16.2 Å². The molecule has 0 bridgehead atoms. The third kappa shape index (κ3) is 2.82. The topological polar surface area (TPSA) is 166 Å². The van der Waals surface area contributed by atoms with Gasteiger partial charge in [-0.15, -0.1) is 0 Å². The Balaban J connectivity index is 2.04. The highest BCUT2D eigenvalue weighted by Gasteiger charge is 2.44. The number of aliphatic hydroxyl groups excluding tert-OH is 3. The maximum absolute atomic E-state index is 10.3. The van der Waals surface area contributed by atoms with E-state index in [2.05, 4.69) is 15.0 Å². The lowest BCUT2D eigenvalue weighted by atomic mass is 10.1. The molecular formula is C14H22N6O4. The van der Waals surface area contributed by atoms with Gasteiger partial charge in [-0.05, 0) is 19.4 Å². The summed E-state index contributed by atoms with van der Waals surface area (Å²) in [5.41, 5.74) is 12.2. The summed E-state index contributed by atoms with van der Waals surface area (Å²) in [7, 11) is 0. The fourth-order valence-corrected chi connectivity index (χ4v) is 2.94. The van der Waals surface area contributed by atoms with Gasteiger partial charge in [-0.25, -0.2) is 15.0 Å². The number of imidazole rings is 1. The third-order valence-corrected chi connectivity index (χ3v) is 4.20. The lowest BCUT2D eigenvalue weighted by Gasteiger charge is -2.19. The highest BCUT2D eigenvalue weighted by molar-refractivity contribution is 5.81. The zero-order chi connectivity index (χ0) is 17.3. The molecule has 10 nitrogen and oxygen atoms in total. The van der Waals surface area contributed by atoms with Crippen LogP contribution in [0.4, 0.5) is 5.82 Å². The second-order valence-corrected chi connectivity index (χ2v) is 5.80. The highest BCUT2D eigenvalue weighted by atomic mass is 16.6. The molecule has 4 atom stereocenters. The Morgan fingerprint density at radius 1 is 1.21 bits per heavy atom. The highest BCUT2D eigenvalue weighted by Crippen LogP contribution is 2.33. The molecule has 132 valence electrons. The molecule has 10 heteroatoms. The third-order valence-electron chi connectivity index (χ3n) is 4.20. The predicted octanol–water partition coefficient (Wildman–Crippen LogP) is -1.70. The van der Waals surface area contributed by atoms with Crippen molar-refractivity contribution in [2.24, 2.45) is 5.73 Å². The fourth-order valence-electron chi connectivity index (χ4n) is 2.94. The van der Waals surface area contributed by atoms with E-state index in [1.807, 2.05) is 0 Å². The number of aryl methyl sites for hydroxylation is 1. The zero-order valence-corrected chi connectivity index (χ0v) is 13.1. The Bertz CT molecular complexity index is 708. The molecule has 2 aromatic rings. The van der Waals surface area contributed by atoms with Crippen molar-refractivity contribution < 1.29 is 20.1 Å². The first-order valence-corrected chi connectivity index (χ1v) is 7.88. The summed E-state index contributed by atoms with van der Waals surface area (Å²) in [6, 6.07) is 0. The van der Waals surface area contributed by atoms with Crippen LogP contribution >= 0.6 is 0 Å². The molecule has 1 fully saturated rings. The summed E-state index contributed by atoms with van der Waals surface area (Å²) >= 11 is 0. The van der Waals surface area contributed by atoms with Crippen molar-refractivity contribution in [3.8, 4) is 0 Å². The van der Waals surface area contributed by atoms with Crippen LogP contribution in [0.2, 0.25) is 0 Å². The van der Waals surface area contributed by atoms with E-state index < -0.39 is 31.1 Å². The Kier molecular flexibility index (Phi) is 4.92. The molecule has 1 aliphatic heterocycles. The first kappa shape index (κ1) is 17.0. The number of hydrogen-bond acceptors (Lipinski definition) is 9. The number of fused-ring (bicyclic) bond motifs is 1. The molecule has 0 radical (unpaired) electrons. The van der Waals surface area contributed by atoms with Crippen molar-refractivity contribution in [1.82, 2.24) is 19.5 Å². The van der Waals surface area contributed by atoms with Crippen LogP contribution in [0.25, 0.3) is 11.2 Å². The summed E-state index contributed by atoms with van der Waals surface area (Å²) in [6.07, 6.45) is -0.705. The van der Waals surface area contributed by atoms with E-state index in [-0.39, 0.29) is 5.82 Å². The summed E-state index contributed by atoms with van der Waals surface area (Å²) in [4.78, 5) is 12.6. The first-order chi connectivity index (χ1) is 11.6. The number of anilines is 1. The molecular weight excluding hydrogens is 316 g/mol. The molecule has 0 saturated carbocycles. The second kappa shape index (κ2) is 6.95. The van der Waals surface area contributed by atoms with Gasteiger partial charge in [0.25, 0.3) is 0 Å². The van der Waals surface area contributed by atoms with Crippen LogP contribution in [-0.4, -0.2) is 66.3 Å². The van der Waals surface area contributed by atoms with Gasteiger partial charge in [0.2, 0.25) is 0 Å². The fraction of sp³-hybridized carbons (Fsp3) is 0.643. The molecule has 2 aromatic heterocycles. The van der Waals surface area contributed by atoms with Crippen molar-refractivity contribution in [1.29, 1.82) is 0 Å². The number of aliphatic hydroxyl groups is 3. The number of nitrogens with zero attached hydrogens (tertiary/aromatic N) is 4. The lowest BCUT2D eigenvalue weighted by Crippen LogP contribution is -2.33. The molecule has 0 aliphatic carbocycles. The smallest absolute Gasteiger partial charge is 0.167 e. The van der Waals surface area contributed by atoms with Gasteiger partial charge in [0.05, 0.1) is 6.61 Å². The van der Waals surface area contributed by atoms with E-state index in [9.17, 15) is 15.3 Å². The number of nitrogen functional groups attached to an aromatic ring is 1. The molecule has 1 aliphatic rings. The number of unbranched alkanes of at least 4 members (excludes halogenated alkanes) is 1. The summed E-state index contributed by atoms with van der Waals surface area (Å²) < 4.78 is 7.24. The van der Waals surface area contributed by atoms with Crippen LogP contribution in [0, 0.1) is 0 Å². The van der Waals surface area contributed by atoms with Gasteiger partial charge in [-0.1, -0.05) is 0 Å². The van der Waals surface area contributed by atoms with E-state index >= 15 is 0 Å². The van der Waals surface area contributed by atoms with Crippen LogP contribution in [-0.2, 0) is 11.2 Å². The summed E-state index contributed by atoms with van der Waals surface area (Å²) in [6.45, 7) is 0.164. The summed E-state index contributed by atoms with van der Waals surface area (Å²) in [5, 5.41) is 29.6. The molecule has 0 amide bonds. The number of ether oxygens (including phenoxy) is 1. The van der Waals surface area contributed by atoms with Crippen LogP contribution < -0.4 is 11.5 Å². The van der Waals surface area contributed by atoms with Crippen LogP contribution in [0.3, 0.4) is 0 Å². The molecule has 0 unspecified atom stereocenters. The van der Waals surface area contributed by atoms with Gasteiger partial charge >= 0.3 is 0 Å². The minimum atomic E-state index is -1.22. The van der Waals surface area contributed by atoms with Gasteiger partial charge in [-0.3, -0.25) is 4.57 Å². The van der Waals surface area contributed by atoms with Gasteiger partial charge in [0, 0.05) is 6.42 Å². The minimum Gasteiger partial charge on any atom is -0.394 e. The van der Waals surface area contributed by atoms with Crippen LogP contribution in [0.1, 0.15) is 24.9 Å². The lowest BCUT2D eigenvalue weighted by molar-refractivity contribution is -0.0522. The van der Waals surface area contributed by atoms with Crippen molar-refractivity contribution in [3.63, 3.8) is 0 Å². The zero-order valence-electron chi connectivity index (χ0n) is 13.1.